The van der Waals surface area contributed by atoms with Crippen LogP contribution in [0.4, 0.5) is 0 Å². The predicted octanol–water partition coefficient (Wildman–Crippen LogP) is 3.08. The quantitative estimate of drug-likeness (QED) is 0.283. The fourth-order valence-corrected chi connectivity index (χ4v) is 4.08. The minimum absolute atomic E-state index is 0. The van der Waals surface area contributed by atoms with E-state index in [4.69, 9.17) is 0 Å². The van der Waals surface area contributed by atoms with Crippen molar-refractivity contribution in [1.82, 2.24) is 0 Å². The van der Waals surface area contributed by atoms with Crippen LogP contribution >= 0.6 is 0 Å². The van der Waals surface area contributed by atoms with Crippen molar-refractivity contribution < 1.29 is 49.0 Å². The van der Waals surface area contributed by atoms with E-state index in [2.05, 4.69) is 130 Å². The number of hydrogen-bond acceptors (Lipinski definition) is 0. The van der Waals surface area contributed by atoms with E-state index in [-0.39, 0.29) is 35.6 Å². The van der Waals surface area contributed by atoms with Gasteiger partial charge < -0.3 is 24.8 Å². The van der Waals surface area contributed by atoms with Gasteiger partial charge in [0.15, 0.2) is 0 Å². The van der Waals surface area contributed by atoms with Gasteiger partial charge >= 0.3 is 41.3 Å². The molecule has 0 aliphatic heterocycles. The third-order valence-corrected chi connectivity index (χ3v) is 5.41. The Morgan fingerprint density at radius 1 is 0.647 bits per heavy atom. The molecular formula is C31H40Cl2Zr-2. The van der Waals surface area contributed by atoms with Gasteiger partial charge in [-0.1, -0.05) is 78.6 Å². The number of hydrogen-bond donors (Lipinski definition) is 0. The Labute approximate surface area is 235 Å². The van der Waals surface area contributed by atoms with E-state index in [1.807, 2.05) is 0 Å². The maximum Gasteiger partial charge on any atom is -0.0220 e. The van der Waals surface area contributed by atoms with Gasteiger partial charge in [0, 0.05) is 0 Å². The van der Waals surface area contributed by atoms with E-state index < -0.39 is 0 Å². The standard InChI is InChI=1S/2C14H17.C3H6.2ClH.Zr/c2*1-10-8-11-6-5-7-13(12(11)9-10)14(2,3)4;1-3-2;;;/h2*5-9H,1-4H3;1-2H3;2*1H;/q2*-1;;;;+2/p-2. The van der Waals surface area contributed by atoms with Gasteiger partial charge in [-0.2, -0.15) is 12.1 Å². The zero-order chi connectivity index (χ0) is 24.3. The third kappa shape index (κ3) is 9.22. The van der Waals surface area contributed by atoms with Crippen LogP contribution in [0.2, 0.25) is 0 Å². The minimum atomic E-state index is 0. The van der Waals surface area contributed by atoms with Gasteiger partial charge in [0.1, 0.15) is 0 Å². The van der Waals surface area contributed by atoms with Crippen LogP contribution in [0, 0.1) is 13.8 Å². The first-order valence-electron chi connectivity index (χ1n) is 11.5. The summed E-state index contributed by atoms with van der Waals surface area (Å²) in [6.45, 7) is 22.2. The Hall–Kier alpha value is -1.01. The second-order valence-electron chi connectivity index (χ2n) is 11.2. The smallest absolute Gasteiger partial charge is 0.0220 e. The molecule has 0 amide bonds. The molecule has 3 heteroatoms. The first-order valence-corrected chi connectivity index (χ1v) is 12.8. The number of rotatable bonds is 0. The molecule has 0 aliphatic rings. The average Bonchev–Trinajstić information content (AvgIpc) is 3.19. The maximum absolute atomic E-state index is 2.29. The number of fused-ring (bicyclic) bond motifs is 2. The van der Waals surface area contributed by atoms with Gasteiger partial charge in [0.2, 0.25) is 0 Å². The Bertz CT molecular complexity index is 1100. The molecule has 4 rings (SSSR count). The van der Waals surface area contributed by atoms with E-state index >= 15 is 0 Å². The van der Waals surface area contributed by atoms with Crippen LogP contribution in [-0.4, -0.2) is 3.21 Å². The fraction of sp³-hybridized carbons (Fsp3) is 0.387. The molecule has 4 aromatic carbocycles. The van der Waals surface area contributed by atoms with Crippen LogP contribution in [0.1, 0.15) is 77.6 Å². The first kappa shape index (κ1) is 33.0. The summed E-state index contributed by atoms with van der Waals surface area (Å²) in [5.74, 6) is 0. The van der Waals surface area contributed by atoms with Crippen molar-refractivity contribution in [2.75, 3.05) is 0 Å². The van der Waals surface area contributed by atoms with Crippen molar-refractivity contribution >= 4 is 24.8 Å². The van der Waals surface area contributed by atoms with Crippen LogP contribution in [0.15, 0.2) is 60.7 Å². The summed E-state index contributed by atoms with van der Waals surface area (Å²) in [6, 6.07) is 22.3. The van der Waals surface area contributed by atoms with Crippen molar-refractivity contribution in [2.45, 2.75) is 80.1 Å². The summed E-state index contributed by atoms with van der Waals surface area (Å²) >= 11 is 1.55. The molecule has 0 atom stereocenters. The van der Waals surface area contributed by atoms with Crippen LogP contribution < -0.4 is 24.8 Å². The molecule has 0 saturated heterocycles. The van der Waals surface area contributed by atoms with Gasteiger partial charge in [-0.25, -0.2) is 0 Å². The van der Waals surface area contributed by atoms with E-state index in [0.717, 1.165) is 0 Å². The van der Waals surface area contributed by atoms with Crippen molar-refractivity contribution in [3.8, 4) is 0 Å². The number of aryl methyl sites for hydroxylation is 2. The van der Waals surface area contributed by atoms with Crippen LogP contribution in [0.3, 0.4) is 0 Å². The zero-order valence-electron chi connectivity index (χ0n) is 22.5. The molecule has 184 valence electrons. The molecule has 0 saturated carbocycles. The Morgan fingerprint density at radius 3 is 1.21 bits per heavy atom. The predicted molar refractivity (Wildman–Crippen MR) is 142 cm³/mol. The van der Waals surface area contributed by atoms with E-state index in [1.54, 1.807) is 24.2 Å². The number of halogens is 2. The molecule has 0 bridgehead atoms. The molecule has 0 heterocycles. The third-order valence-electron chi connectivity index (χ3n) is 5.41. The van der Waals surface area contributed by atoms with Gasteiger partial charge in [0.25, 0.3) is 0 Å². The molecule has 0 radical (unpaired) electrons. The largest absolute Gasteiger partial charge is 1.00 e. The molecular weight excluding hydrogens is 534 g/mol. The topological polar surface area (TPSA) is 0 Å². The molecule has 4 aromatic rings. The molecule has 34 heavy (non-hydrogen) atoms. The molecule has 0 spiro atoms. The normalized spacial score (nSPS) is 10.9. The van der Waals surface area contributed by atoms with Crippen molar-refractivity contribution in [2.24, 2.45) is 0 Å². The van der Waals surface area contributed by atoms with E-state index in [9.17, 15) is 0 Å². The minimum Gasteiger partial charge on any atom is -1.00 e. The molecule has 0 aliphatic carbocycles. The van der Waals surface area contributed by atoms with Gasteiger partial charge in [0.05, 0.1) is 0 Å². The fourth-order valence-electron chi connectivity index (χ4n) is 4.08. The molecule has 0 unspecified atom stereocenters. The van der Waals surface area contributed by atoms with Crippen molar-refractivity contribution in [3.05, 3.63) is 82.9 Å². The molecule has 0 N–H and O–H groups in total. The Balaban J connectivity index is 0.000000528. The molecule has 0 fully saturated rings. The van der Waals surface area contributed by atoms with Gasteiger partial charge in [-0.3, -0.25) is 0 Å². The molecule has 0 aromatic heterocycles. The zero-order valence-corrected chi connectivity index (χ0v) is 26.5. The summed E-state index contributed by atoms with van der Waals surface area (Å²) in [4.78, 5) is 0. The maximum atomic E-state index is 2.29. The van der Waals surface area contributed by atoms with Gasteiger partial charge in [-0.15, -0.1) is 69.1 Å². The summed E-state index contributed by atoms with van der Waals surface area (Å²) in [5.41, 5.74) is 6.08. The number of benzene rings is 2. The summed E-state index contributed by atoms with van der Waals surface area (Å²) in [6.07, 6.45) is 0. The summed E-state index contributed by atoms with van der Waals surface area (Å²) in [7, 11) is 0. The second kappa shape index (κ2) is 13.3. The van der Waals surface area contributed by atoms with Crippen LogP contribution in [-0.2, 0) is 35.1 Å². The first-order chi connectivity index (χ1) is 14.7. The average molecular weight is 575 g/mol. The second-order valence-corrected chi connectivity index (χ2v) is 13.6. The SMILES string of the molecule is C[C](C)=[Zr+2].Cc1cc2c(C(C)(C)C)cccc2[cH-]1.Cc1cc2c(C(C)(C)C)cccc2[cH-]1.[Cl-].[Cl-]. The monoisotopic (exact) mass is 572 g/mol. The van der Waals surface area contributed by atoms with Crippen LogP contribution in [0.5, 0.6) is 0 Å². The van der Waals surface area contributed by atoms with Gasteiger partial charge in [-0.05, 0) is 10.8 Å². The summed E-state index contributed by atoms with van der Waals surface area (Å²) in [5, 5.41) is 5.57. The van der Waals surface area contributed by atoms with Crippen LogP contribution in [0.25, 0.3) is 21.5 Å². The van der Waals surface area contributed by atoms with E-state index in [0.29, 0.717) is 0 Å². The Kier molecular flexibility index (Phi) is 12.9. The molecule has 0 nitrogen and oxygen atoms in total. The van der Waals surface area contributed by atoms with Crippen molar-refractivity contribution in [1.29, 1.82) is 0 Å². The Morgan fingerprint density at radius 2 is 0.941 bits per heavy atom. The summed E-state index contributed by atoms with van der Waals surface area (Å²) < 4.78 is 1.51. The van der Waals surface area contributed by atoms with Crippen molar-refractivity contribution in [3.63, 3.8) is 0 Å². The van der Waals surface area contributed by atoms with E-state index in [1.165, 1.54) is 47.0 Å².